The van der Waals surface area contributed by atoms with Crippen LogP contribution >= 0.6 is 0 Å². The topological polar surface area (TPSA) is 37.4 Å². The summed E-state index contributed by atoms with van der Waals surface area (Å²) in [7, 11) is -3.46. The summed E-state index contributed by atoms with van der Waals surface area (Å²) in [5.41, 5.74) is 1.22. The molecule has 3 rings (SSSR count). The van der Waals surface area contributed by atoms with Crippen LogP contribution in [0.5, 0.6) is 0 Å². The number of unbranched alkanes of at least 4 members (excludes halogenated alkanes) is 7. The van der Waals surface area contributed by atoms with Crippen LogP contribution in [0, 0.1) is 5.92 Å². The van der Waals surface area contributed by atoms with Gasteiger partial charge in [-0.05, 0) is 36.5 Å². The van der Waals surface area contributed by atoms with E-state index in [-0.39, 0.29) is 11.8 Å². The van der Waals surface area contributed by atoms with Crippen molar-refractivity contribution >= 4 is 10.0 Å². The lowest BCUT2D eigenvalue weighted by Crippen LogP contribution is -2.29. The third-order valence-electron chi connectivity index (χ3n) is 6.30. The third kappa shape index (κ3) is 6.78. The van der Waals surface area contributed by atoms with Crippen LogP contribution in [0.25, 0.3) is 0 Å². The fourth-order valence-corrected chi connectivity index (χ4v) is 5.99. The molecule has 0 N–H and O–H groups in total. The Hall–Kier alpha value is -1.91. The second-order valence-corrected chi connectivity index (χ2v) is 10.6. The van der Waals surface area contributed by atoms with E-state index in [1.165, 1.54) is 50.5 Å². The van der Waals surface area contributed by atoms with Crippen LogP contribution in [0.15, 0.2) is 77.7 Å². The van der Waals surface area contributed by atoms with Crippen molar-refractivity contribution in [2.45, 2.75) is 69.1 Å². The average molecular weight is 440 g/mol. The van der Waals surface area contributed by atoms with Crippen molar-refractivity contribution in [2.24, 2.45) is 5.92 Å². The SMILES string of the molecule is CCCCCCCCC/C=C/C1CN(S(=O)(=O)c2ccccc2)CC1c1ccccc1. The van der Waals surface area contributed by atoms with Crippen molar-refractivity contribution in [1.29, 1.82) is 0 Å². The second-order valence-electron chi connectivity index (χ2n) is 8.65. The Labute approximate surface area is 189 Å². The molecule has 1 saturated heterocycles. The van der Waals surface area contributed by atoms with Crippen LogP contribution in [0.1, 0.15) is 69.8 Å². The van der Waals surface area contributed by atoms with Crippen LogP contribution in [-0.4, -0.2) is 25.8 Å². The molecule has 1 aliphatic heterocycles. The summed E-state index contributed by atoms with van der Waals surface area (Å²) in [6.45, 7) is 3.33. The van der Waals surface area contributed by atoms with Gasteiger partial charge in [-0.1, -0.05) is 106 Å². The zero-order valence-electron chi connectivity index (χ0n) is 18.8. The van der Waals surface area contributed by atoms with Gasteiger partial charge in [-0.3, -0.25) is 0 Å². The normalized spacial score (nSPS) is 19.9. The highest BCUT2D eigenvalue weighted by Crippen LogP contribution is 2.36. The van der Waals surface area contributed by atoms with E-state index in [1.807, 2.05) is 24.3 Å². The van der Waals surface area contributed by atoms with Crippen LogP contribution in [0.3, 0.4) is 0 Å². The lowest BCUT2D eigenvalue weighted by atomic mass is 9.88. The van der Waals surface area contributed by atoms with Crippen LogP contribution < -0.4 is 0 Å². The summed E-state index contributed by atoms with van der Waals surface area (Å²) in [5, 5.41) is 0. The minimum atomic E-state index is -3.46. The molecular formula is C27H37NO2S. The van der Waals surface area contributed by atoms with E-state index in [2.05, 4.69) is 31.2 Å². The molecular weight excluding hydrogens is 402 g/mol. The maximum atomic E-state index is 13.2. The zero-order chi connectivity index (χ0) is 21.9. The Morgan fingerprint density at radius 1 is 0.839 bits per heavy atom. The van der Waals surface area contributed by atoms with Crippen molar-refractivity contribution in [1.82, 2.24) is 4.31 Å². The first-order valence-corrected chi connectivity index (χ1v) is 13.3. The summed E-state index contributed by atoms with van der Waals surface area (Å²) >= 11 is 0. The Morgan fingerprint density at radius 2 is 1.45 bits per heavy atom. The first-order chi connectivity index (χ1) is 15.1. The molecule has 168 valence electrons. The molecule has 0 radical (unpaired) electrons. The molecule has 0 aliphatic carbocycles. The van der Waals surface area contributed by atoms with Gasteiger partial charge in [-0.15, -0.1) is 0 Å². The maximum absolute atomic E-state index is 13.2. The highest BCUT2D eigenvalue weighted by molar-refractivity contribution is 7.89. The monoisotopic (exact) mass is 439 g/mol. The Bertz CT molecular complexity index is 893. The van der Waals surface area contributed by atoms with E-state index in [1.54, 1.807) is 28.6 Å². The Balaban J connectivity index is 1.62. The van der Waals surface area contributed by atoms with E-state index in [9.17, 15) is 8.42 Å². The van der Waals surface area contributed by atoms with Gasteiger partial charge in [0, 0.05) is 19.0 Å². The molecule has 0 amide bonds. The van der Waals surface area contributed by atoms with Crippen molar-refractivity contribution in [3.8, 4) is 0 Å². The predicted octanol–water partition coefficient (Wildman–Crippen LogP) is 6.79. The molecule has 2 aromatic rings. The van der Waals surface area contributed by atoms with Gasteiger partial charge >= 0.3 is 0 Å². The highest BCUT2D eigenvalue weighted by Gasteiger charge is 2.38. The molecule has 3 nitrogen and oxygen atoms in total. The number of allylic oxidation sites excluding steroid dienone is 1. The molecule has 2 atom stereocenters. The van der Waals surface area contributed by atoms with Crippen molar-refractivity contribution in [2.75, 3.05) is 13.1 Å². The van der Waals surface area contributed by atoms with Gasteiger partial charge in [0.2, 0.25) is 10.0 Å². The second kappa shape index (κ2) is 12.2. The molecule has 1 heterocycles. The molecule has 2 aromatic carbocycles. The lowest BCUT2D eigenvalue weighted by molar-refractivity contribution is 0.468. The Kier molecular flexibility index (Phi) is 9.35. The molecule has 0 saturated carbocycles. The predicted molar refractivity (Wildman–Crippen MR) is 130 cm³/mol. The molecule has 31 heavy (non-hydrogen) atoms. The highest BCUT2D eigenvalue weighted by atomic mass is 32.2. The smallest absolute Gasteiger partial charge is 0.207 e. The Morgan fingerprint density at radius 3 is 2.13 bits per heavy atom. The summed E-state index contributed by atoms with van der Waals surface area (Å²) in [4.78, 5) is 0.384. The number of nitrogens with zero attached hydrogens (tertiary/aromatic N) is 1. The largest absolute Gasteiger partial charge is 0.243 e. The van der Waals surface area contributed by atoms with Crippen LogP contribution in [0.4, 0.5) is 0 Å². The van der Waals surface area contributed by atoms with E-state index >= 15 is 0 Å². The van der Waals surface area contributed by atoms with Crippen molar-refractivity contribution < 1.29 is 8.42 Å². The summed E-state index contributed by atoms with van der Waals surface area (Å²) in [5.74, 6) is 0.412. The third-order valence-corrected chi connectivity index (χ3v) is 8.14. The number of hydrogen-bond donors (Lipinski definition) is 0. The molecule has 0 aromatic heterocycles. The van der Waals surface area contributed by atoms with Gasteiger partial charge in [0.1, 0.15) is 0 Å². The molecule has 4 heteroatoms. The van der Waals surface area contributed by atoms with Gasteiger partial charge < -0.3 is 0 Å². The molecule has 0 spiro atoms. The van der Waals surface area contributed by atoms with Crippen LogP contribution in [0.2, 0.25) is 0 Å². The van der Waals surface area contributed by atoms with Gasteiger partial charge in [-0.25, -0.2) is 8.42 Å². The first-order valence-electron chi connectivity index (χ1n) is 11.9. The van der Waals surface area contributed by atoms with E-state index in [0.29, 0.717) is 18.0 Å². The average Bonchev–Trinajstić information content (AvgIpc) is 3.24. The number of benzene rings is 2. The summed E-state index contributed by atoms with van der Waals surface area (Å²) in [6, 6.07) is 19.2. The van der Waals surface area contributed by atoms with Gasteiger partial charge in [0.25, 0.3) is 0 Å². The standard InChI is InChI=1S/C27H37NO2S/c1-2-3-4-5-6-7-8-9-12-19-25-22-28(23-27(25)24-17-13-10-14-18-24)31(29,30)26-20-15-11-16-21-26/h10-21,25,27H,2-9,22-23H2,1H3/b19-12+. The fraction of sp³-hybridized carbons (Fsp3) is 0.481. The summed E-state index contributed by atoms with van der Waals surface area (Å²) < 4.78 is 28.0. The maximum Gasteiger partial charge on any atom is 0.243 e. The van der Waals surface area contributed by atoms with E-state index in [4.69, 9.17) is 0 Å². The molecule has 2 unspecified atom stereocenters. The molecule has 1 fully saturated rings. The lowest BCUT2D eigenvalue weighted by Gasteiger charge is -2.16. The molecule has 0 bridgehead atoms. The number of sulfonamides is 1. The first kappa shape index (κ1) is 23.7. The summed E-state index contributed by atoms with van der Waals surface area (Å²) in [6.07, 6.45) is 14.8. The fourth-order valence-electron chi connectivity index (χ4n) is 4.47. The minimum Gasteiger partial charge on any atom is -0.207 e. The quantitative estimate of drug-likeness (QED) is 0.270. The minimum absolute atomic E-state index is 0.199. The van der Waals surface area contributed by atoms with Gasteiger partial charge in [0.15, 0.2) is 0 Å². The van der Waals surface area contributed by atoms with Gasteiger partial charge in [0.05, 0.1) is 4.90 Å². The van der Waals surface area contributed by atoms with Crippen LogP contribution in [-0.2, 0) is 10.0 Å². The van der Waals surface area contributed by atoms with E-state index in [0.717, 1.165) is 6.42 Å². The van der Waals surface area contributed by atoms with Gasteiger partial charge in [-0.2, -0.15) is 4.31 Å². The zero-order valence-corrected chi connectivity index (χ0v) is 19.6. The van der Waals surface area contributed by atoms with E-state index < -0.39 is 10.0 Å². The van der Waals surface area contributed by atoms with Crippen molar-refractivity contribution in [3.63, 3.8) is 0 Å². The molecule has 1 aliphatic rings. The number of hydrogen-bond acceptors (Lipinski definition) is 2. The van der Waals surface area contributed by atoms with Crippen molar-refractivity contribution in [3.05, 3.63) is 78.4 Å². The number of rotatable bonds is 12.